The lowest BCUT2D eigenvalue weighted by molar-refractivity contribution is -0.121. The van der Waals surface area contributed by atoms with E-state index in [1.807, 2.05) is 0 Å². The molecule has 22 heavy (non-hydrogen) atoms. The van der Waals surface area contributed by atoms with Crippen molar-refractivity contribution in [2.24, 2.45) is 5.92 Å². The van der Waals surface area contributed by atoms with Crippen molar-refractivity contribution >= 4 is 15.9 Å². The highest BCUT2D eigenvalue weighted by Crippen LogP contribution is 2.17. The Hall–Kier alpha value is -1.45. The van der Waals surface area contributed by atoms with Crippen LogP contribution in [-0.4, -0.2) is 62.9 Å². The Bertz CT molecular complexity index is 625. The third-order valence-electron chi connectivity index (χ3n) is 3.54. The summed E-state index contributed by atoms with van der Waals surface area (Å²) < 4.78 is 35.4. The van der Waals surface area contributed by atoms with Gasteiger partial charge < -0.3 is 14.6 Å². The van der Waals surface area contributed by atoms with Gasteiger partial charge in [-0.2, -0.15) is 0 Å². The van der Waals surface area contributed by atoms with Crippen LogP contribution >= 0.6 is 0 Å². The van der Waals surface area contributed by atoms with Gasteiger partial charge in [-0.1, -0.05) is 5.16 Å². The number of hydrogen-bond acceptors (Lipinski definition) is 6. The molecule has 1 aliphatic rings. The van der Waals surface area contributed by atoms with Crippen LogP contribution in [0.3, 0.4) is 0 Å². The van der Waals surface area contributed by atoms with Crippen LogP contribution in [0.15, 0.2) is 10.6 Å². The minimum atomic E-state index is -3.33. The summed E-state index contributed by atoms with van der Waals surface area (Å²) in [5.74, 6) is -0.0649. The third-order valence-corrected chi connectivity index (χ3v) is 5.50. The number of ether oxygens (including phenoxy) is 1. The van der Waals surface area contributed by atoms with E-state index in [9.17, 15) is 13.2 Å². The Morgan fingerprint density at radius 3 is 2.77 bits per heavy atom. The van der Waals surface area contributed by atoms with Gasteiger partial charge >= 0.3 is 0 Å². The minimum Gasteiger partial charge on any atom is -0.379 e. The zero-order valence-electron chi connectivity index (χ0n) is 12.9. The molecule has 0 radical (unpaired) electrons. The van der Waals surface area contributed by atoms with Crippen LogP contribution < -0.4 is 5.32 Å². The summed E-state index contributed by atoms with van der Waals surface area (Å²) in [5.41, 5.74) is 0.710. The van der Waals surface area contributed by atoms with Crippen LogP contribution in [-0.2, 0) is 26.0 Å². The normalized spacial score (nSPS) is 22.2. The lowest BCUT2D eigenvalue weighted by atomic mass is 10.1. The molecule has 1 fully saturated rings. The molecule has 1 N–H and O–H groups in total. The number of amides is 1. The Kier molecular flexibility index (Phi) is 5.20. The molecular formula is C13H21N3O5S. The lowest BCUT2D eigenvalue weighted by Crippen LogP contribution is -2.44. The van der Waals surface area contributed by atoms with E-state index in [1.54, 1.807) is 13.0 Å². The third kappa shape index (κ3) is 4.28. The maximum absolute atomic E-state index is 12.0. The van der Waals surface area contributed by atoms with E-state index < -0.39 is 10.0 Å². The second kappa shape index (κ2) is 6.76. The van der Waals surface area contributed by atoms with Crippen molar-refractivity contribution in [2.45, 2.75) is 19.4 Å². The van der Waals surface area contributed by atoms with E-state index >= 15 is 0 Å². The van der Waals surface area contributed by atoms with Gasteiger partial charge in [0, 0.05) is 26.1 Å². The molecule has 8 nitrogen and oxygen atoms in total. The second-order valence-corrected chi connectivity index (χ2v) is 7.87. The molecule has 2 atom stereocenters. The Morgan fingerprint density at radius 1 is 1.45 bits per heavy atom. The standard InChI is InChI=1S/C13H21N3O5S/c1-9-4-11(21-15-9)5-13(17)14-12-7-20-6-10(12)8-22(18,19)16(2)3/h4,10,12H,5-8H2,1-3H3,(H,14,17)/t10-,12+/m0/s1. The van der Waals surface area contributed by atoms with Gasteiger partial charge in [0.1, 0.15) is 5.76 Å². The number of sulfonamides is 1. The van der Waals surface area contributed by atoms with Crippen molar-refractivity contribution in [3.8, 4) is 0 Å². The number of nitrogens with zero attached hydrogens (tertiary/aromatic N) is 2. The highest BCUT2D eigenvalue weighted by atomic mass is 32.2. The molecule has 2 heterocycles. The summed E-state index contributed by atoms with van der Waals surface area (Å²) in [7, 11) is -0.350. The molecule has 0 bridgehead atoms. The SMILES string of the molecule is Cc1cc(CC(=O)N[C@@H]2COC[C@H]2CS(=O)(=O)N(C)C)on1. The molecule has 1 aromatic rings. The molecule has 2 rings (SSSR count). The fourth-order valence-corrected chi connectivity index (χ4v) is 3.43. The highest BCUT2D eigenvalue weighted by molar-refractivity contribution is 7.89. The van der Waals surface area contributed by atoms with E-state index in [1.165, 1.54) is 18.4 Å². The Morgan fingerprint density at radius 2 is 2.18 bits per heavy atom. The van der Waals surface area contributed by atoms with Crippen LogP contribution in [0, 0.1) is 12.8 Å². The van der Waals surface area contributed by atoms with Gasteiger partial charge in [0.25, 0.3) is 0 Å². The van der Waals surface area contributed by atoms with E-state index in [0.717, 1.165) is 0 Å². The minimum absolute atomic E-state index is 0.0492. The molecule has 1 aliphatic heterocycles. The van der Waals surface area contributed by atoms with Gasteiger partial charge in [-0.15, -0.1) is 0 Å². The monoisotopic (exact) mass is 331 g/mol. The summed E-state index contributed by atoms with van der Waals surface area (Å²) in [6.07, 6.45) is 0.0739. The van der Waals surface area contributed by atoms with Gasteiger partial charge in [0.05, 0.1) is 37.1 Å². The highest BCUT2D eigenvalue weighted by Gasteiger charge is 2.34. The molecule has 0 aliphatic carbocycles. The Balaban J connectivity index is 1.92. The van der Waals surface area contributed by atoms with Crippen molar-refractivity contribution in [1.82, 2.24) is 14.8 Å². The average molecular weight is 331 g/mol. The van der Waals surface area contributed by atoms with E-state index in [2.05, 4.69) is 10.5 Å². The molecular weight excluding hydrogens is 310 g/mol. The number of hydrogen-bond donors (Lipinski definition) is 1. The van der Waals surface area contributed by atoms with Crippen LogP contribution in [0.4, 0.5) is 0 Å². The first-order valence-electron chi connectivity index (χ1n) is 6.97. The fraction of sp³-hybridized carbons (Fsp3) is 0.692. The summed E-state index contributed by atoms with van der Waals surface area (Å²) >= 11 is 0. The first kappa shape index (κ1) is 16.9. The lowest BCUT2D eigenvalue weighted by Gasteiger charge is -2.20. The molecule has 1 saturated heterocycles. The first-order valence-corrected chi connectivity index (χ1v) is 8.58. The number of nitrogens with one attached hydrogen (secondary N) is 1. The van der Waals surface area contributed by atoms with Gasteiger partial charge in [0.15, 0.2) is 0 Å². The molecule has 1 aromatic heterocycles. The number of rotatable bonds is 6. The summed E-state index contributed by atoms with van der Waals surface area (Å²) in [4.78, 5) is 12.0. The van der Waals surface area contributed by atoms with Crippen molar-refractivity contribution in [1.29, 1.82) is 0 Å². The van der Waals surface area contributed by atoms with E-state index in [4.69, 9.17) is 9.26 Å². The van der Waals surface area contributed by atoms with Gasteiger partial charge in [-0.3, -0.25) is 4.79 Å². The average Bonchev–Trinajstić information content (AvgIpc) is 2.99. The number of carbonyl (C=O) groups is 1. The van der Waals surface area contributed by atoms with Crippen LogP contribution in [0.25, 0.3) is 0 Å². The van der Waals surface area contributed by atoms with Gasteiger partial charge in [-0.05, 0) is 6.92 Å². The van der Waals surface area contributed by atoms with Gasteiger partial charge in [0.2, 0.25) is 15.9 Å². The molecule has 0 spiro atoms. The Labute approximate surface area is 129 Å². The van der Waals surface area contributed by atoms with Crippen molar-refractivity contribution in [3.05, 3.63) is 17.5 Å². The zero-order valence-corrected chi connectivity index (χ0v) is 13.7. The number of aryl methyl sites for hydroxylation is 1. The molecule has 1 amide bonds. The number of carbonyl (C=O) groups excluding carboxylic acids is 1. The van der Waals surface area contributed by atoms with Gasteiger partial charge in [-0.25, -0.2) is 12.7 Å². The summed E-state index contributed by atoms with van der Waals surface area (Å²) in [6, 6.07) is 1.38. The van der Waals surface area contributed by atoms with E-state index in [0.29, 0.717) is 24.7 Å². The number of aromatic nitrogens is 1. The first-order chi connectivity index (χ1) is 10.3. The molecule has 124 valence electrons. The smallest absolute Gasteiger partial charge is 0.228 e. The second-order valence-electron chi connectivity index (χ2n) is 5.64. The molecule has 0 aromatic carbocycles. The quantitative estimate of drug-likeness (QED) is 0.757. The summed E-state index contributed by atoms with van der Waals surface area (Å²) in [5, 5.41) is 6.53. The molecule has 0 unspecified atom stereocenters. The van der Waals surface area contributed by atoms with Crippen molar-refractivity contribution < 1.29 is 22.5 Å². The molecule has 9 heteroatoms. The summed E-state index contributed by atoms with van der Waals surface area (Å²) in [6.45, 7) is 2.41. The zero-order chi connectivity index (χ0) is 16.3. The van der Waals surface area contributed by atoms with Crippen LogP contribution in [0.2, 0.25) is 0 Å². The van der Waals surface area contributed by atoms with Crippen molar-refractivity contribution in [2.75, 3.05) is 33.1 Å². The molecule has 0 saturated carbocycles. The van der Waals surface area contributed by atoms with Crippen molar-refractivity contribution in [3.63, 3.8) is 0 Å². The topological polar surface area (TPSA) is 102 Å². The van der Waals surface area contributed by atoms with Crippen LogP contribution in [0.5, 0.6) is 0 Å². The largest absolute Gasteiger partial charge is 0.379 e. The maximum Gasteiger partial charge on any atom is 0.228 e. The predicted molar refractivity (Wildman–Crippen MR) is 78.7 cm³/mol. The van der Waals surface area contributed by atoms with E-state index in [-0.39, 0.29) is 30.0 Å². The fourth-order valence-electron chi connectivity index (χ4n) is 2.26. The maximum atomic E-state index is 12.0. The van der Waals surface area contributed by atoms with Crippen LogP contribution in [0.1, 0.15) is 11.5 Å². The predicted octanol–water partition coefficient (Wildman–Crippen LogP) is -0.452.